The minimum Gasteiger partial charge on any atom is -0.444 e. The summed E-state index contributed by atoms with van der Waals surface area (Å²) in [5.74, 6) is -3.49. The average Bonchev–Trinajstić information content (AvgIpc) is 3.35. The van der Waals surface area contributed by atoms with E-state index in [1.54, 1.807) is 25.7 Å². The quantitative estimate of drug-likeness (QED) is 0.184. The van der Waals surface area contributed by atoms with Crippen molar-refractivity contribution in [3.63, 3.8) is 0 Å². The predicted molar refractivity (Wildman–Crippen MR) is 184 cm³/mol. The summed E-state index contributed by atoms with van der Waals surface area (Å²) >= 11 is 0. The van der Waals surface area contributed by atoms with Gasteiger partial charge in [-0.2, -0.15) is 0 Å². The fourth-order valence-corrected chi connectivity index (χ4v) is 7.31. The van der Waals surface area contributed by atoms with E-state index in [0.717, 1.165) is 43.2 Å². The zero-order valence-corrected chi connectivity index (χ0v) is 29.7. The van der Waals surface area contributed by atoms with Crippen LogP contribution in [-0.4, -0.2) is 77.2 Å². The number of likely N-dealkylation sites (tertiary alicyclic amines) is 1. The normalized spacial score (nSPS) is 22.5. The summed E-state index contributed by atoms with van der Waals surface area (Å²) in [7, 11) is 0. The molecule has 0 spiro atoms. The maximum atomic E-state index is 14.3. The van der Waals surface area contributed by atoms with Crippen LogP contribution < -0.4 is 21.3 Å². The van der Waals surface area contributed by atoms with Gasteiger partial charge in [-0.15, -0.1) is 6.58 Å². The monoisotopic (exact) mass is 679 g/mol. The first-order valence-electron chi connectivity index (χ1n) is 17.4. The molecule has 1 aromatic carbocycles. The van der Waals surface area contributed by atoms with Crippen LogP contribution >= 0.6 is 0 Å². The van der Waals surface area contributed by atoms with Gasteiger partial charge in [0, 0.05) is 13.1 Å². The molecule has 5 atom stereocenters. The summed E-state index contributed by atoms with van der Waals surface area (Å²) in [6, 6.07) is 4.63. The molecule has 2 aliphatic carbocycles. The van der Waals surface area contributed by atoms with Gasteiger partial charge in [0.2, 0.25) is 23.5 Å². The van der Waals surface area contributed by atoms with Crippen LogP contribution in [-0.2, 0) is 35.3 Å². The summed E-state index contributed by atoms with van der Waals surface area (Å²) in [5.41, 5.74) is 1.02. The third-order valence-electron chi connectivity index (χ3n) is 10.1. The SMILES string of the molecule is C=CCC(NC(=O)[C@@H]1C2C(CN1C(=O)[C@@H](NC(=O)OC(C)(C)C)C1CCCCC1)C2(C)C)C(=O)C(=O)NCC(=O)NCc1ccc(C)cc1. The minimum atomic E-state index is -1.24. The third kappa shape index (κ3) is 9.48. The van der Waals surface area contributed by atoms with E-state index in [1.165, 1.54) is 6.08 Å². The Morgan fingerprint density at radius 1 is 1.00 bits per heavy atom. The molecule has 4 rings (SSSR count). The average molecular weight is 680 g/mol. The van der Waals surface area contributed by atoms with Crippen molar-refractivity contribution in [3.8, 4) is 0 Å². The molecule has 1 saturated heterocycles. The summed E-state index contributed by atoms with van der Waals surface area (Å²) in [6.45, 7) is 15.2. The molecule has 0 bridgehead atoms. The Kier molecular flexibility index (Phi) is 11.9. The van der Waals surface area contributed by atoms with Crippen LogP contribution in [0.15, 0.2) is 36.9 Å². The van der Waals surface area contributed by atoms with E-state index >= 15 is 0 Å². The summed E-state index contributed by atoms with van der Waals surface area (Å²) in [6.07, 6.45) is 5.18. The van der Waals surface area contributed by atoms with Gasteiger partial charge in [0.25, 0.3) is 5.91 Å². The number of hydrogen-bond acceptors (Lipinski definition) is 7. The lowest BCUT2D eigenvalue weighted by Gasteiger charge is -2.37. The zero-order valence-electron chi connectivity index (χ0n) is 29.7. The van der Waals surface area contributed by atoms with Gasteiger partial charge in [-0.1, -0.05) is 69.0 Å². The molecule has 12 heteroatoms. The van der Waals surface area contributed by atoms with Gasteiger partial charge in [-0.3, -0.25) is 24.0 Å². The second kappa shape index (κ2) is 15.6. The number of ether oxygens (including phenoxy) is 1. The first kappa shape index (κ1) is 37.6. The number of rotatable bonds is 13. The highest BCUT2D eigenvalue weighted by Gasteiger charge is 2.69. The van der Waals surface area contributed by atoms with Crippen molar-refractivity contribution in [3.05, 3.63) is 48.0 Å². The van der Waals surface area contributed by atoms with E-state index in [0.29, 0.717) is 6.54 Å². The van der Waals surface area contributed by atoms with Crippen molar-refractivity contribution >= 4 is 35.5 Å². The highest BCUT2D eigenvalue weighted by molar-refractivity contribution is 6.38. The Balaban J connectivity index is 1.43. The van der Waals surface area contributed by atoms with Crippen LogP contribution in [0.5, 0.6) is 0 Å². The van der Waals surface area contributed by atoms with E-state index < -0.39 is 59.9 Å². The first-order valence-corrected chi connectivity index (χ1v) is 17.4. The van der Waals surface area contributed by atoms with E-state index in [9.17, 15) is 28.8 Å². The fraction of sp³-hybridized carbons (Fsp3) is 0.622. The zero-order chi connectivity index (χ0) is 36.1. The molecule has 1 heterocycles. The molecule has 3 unspecified atom stereocenters. The van der Waals surface area contributed by atoms with Crippen molar-refractivity contribution in [1.29, 1.82) is 0 Å². The van der Waals surface area contributed by atoms with Gasteiger partial charge >= 0.3 is 6.09 Å². The molecule has 1 aliphatic heterocycles. The highest BCUT2D eigenvalue weighted by Crippen LogP contribution is 2.65. The number of benzene rings is 1. The van der Waals surface area contributed by atoms with Gasteiger partial charge in [0.15, 0.2) is 0 Å². The van der Waals surface area contributed by atoms with Crippen molar-refractivity contribution in [2.24, 2.45) is 23.2 Å². The van der Waals surface area contributed by atoms with E-state index in [2.05, 4.69) is 27.8 Å². The van der Waals surface area contributed by atoms with Gasteiger partial charge in [0.1, 0.15) is 23.7 Å². The Morgan fingerprint density at radius 2 is 1.65 bits per heavy atom. The first-order chi connectivity index (χ1) is 23.0. The molecule has 4 N–H and O–H groups in total. The number of ketones is 1. The number of nitrogens with one attached hydrogen (secondary N) is 4. The molecule has 3 fully saturated rings. The topological polar surface area (TPSA) is 163 Å². The number of fused-ring (bicyclic) bond motifs is 1. The van der Waals surface area contributed by atoms with Gasteiger partial charge in [-0.25, -0.2) is 4.79 Å². The lowest BCUT2D eigenvalue weighted by atomic mass is 9.83. The maximum Gasteiger partial charge on any atom is 0.408 e. The van der Waals surface area contributed by atoms with E-state index in [4.69, 9.17) is 4.74 Å². The highest BCUT2D eigenvalue weighted by atomic mass is 16.6. The molecule has 1 aromatic rings. The number of Topliss-reactive ketones (excluding diaryl/α,β-unsaturated/α-hetero) is 1. The smallest absolute Gasteiger partial charge is 0.408 e. The standard InChI is InChI=1S/C37H53N5O7/c1-8-12-26(31(44)33(46)39-20-27(43)38-19-23-17-15-22(2)16-18-23)40-32(45)30-28-25(37(28,6)7)21-42(30)34(47)29(24-13-10-9-11-14-24)41-35(48)49-36(3,4)5/h8,15-18,24-26,28-30H,1,9-14,19-21H2,2-7H3,(H,38,43)(H,39,46)(H,40,45)(H,41,48)/t25?,26?,28?,29-,30-/m0/s1. The van der Waals surface area contributed by atoms with Gasteiger partial charge in [0.05, 0.1) is 6.54 Å². The number of nitrogens with zero attached hydrogens (tertiary/aromatic N) is 1. The van der Waals surface area contributed by atoms with Crippen LogP contribution in [0.25, 0.3) is 0 Å². The number of aryl methyl sites for hydroxylation is 1. The fourth-order valence-electron chi connectivity index (χ4n) is 7.31. The predicted octanol–water partition coefficient (Wildman–Crippen LogP) is 3.31. The third-order valence-corrected chi connectivity index (χ3v) is 10.1. The van der Waals surface area contributed by atoms with Gasteiger partial charge in [-0.05, 0) is 75.7 Å². The number of alkyl carbamates (subject to hydrolysis) is 1. The van der Waals surface area contributed by atoms with Crippen molar-refractivity contribution in [2.75, 3.05) is 13.1 Å². The van der Waals surface area contributed by atoms with Crippen molar-refractivity contribution in [2.45, 2.75) is 110 Å². The van der Waals surface area contributed by atoms with Crippen LogP contribution in [0.1, 0.15) is 84.3 Å². The Morgan fingerprint density at radius 3 is 2.27 bits per heavy atom. The number of piperidine rings is 1. The molecule has 0 aromatic heterocycles. The van der Waals surface area contributed by atoms with Crippen LogP contribution in [0.2, 0.25) is 0 Å². The number of carbonyl (C=O) groups is 6. The van der Waals surface area contributed by atoms with Crippen molar-refractivity contribution < 1.29 is 33.5 Å². The number of amides is 5. The molecule has 49 heavy (non-hydrogen) atoms. The number of hydrogen-bond donors (Lipinski definition) is 4. The molecule has 3 aliphatic rings. The Hall–Kier alpha value is -4.22. The van der Waals surface area contributed by atoms with E-state index in [-0.39, 0.29) is 42.0 Å². The lowest BCUT2D eigenvalue weighted by molar-refractivity contribution is -0.145. The molecule has 5 amide bonds. The molecule has 2 saturated carbocycles. The Bertz CT molecular complexity index is 1430. The minimum absolute atomic E-state index is 0.0271. The summed E-state index contributed by atoms with van der Waals surface area (Å²) < 4.78 is 5.50. The summed E-state index contributed by atoms with van der Waals surface area (Å²) in [5, 5.41) is 10.6. The van der Waals surface area contributed by atoms with Gasteiger partial charge < -0.3 is 30.9 Å². The largest absolute Gasteiger partial charge is 0.444 e. The number of carbonyl (C=O) groups excluding carboxylic acids is 6. The van der Waals surface area contributed by atoms with Crippen LogP contribution in [0.3, 0.4) is 0 Å². The maximum absolute atomic E-state index is 14.3. The molecule has 268 valence electrons. The second-order valence-electron chi connectivity index (χ2n) is 15.3. The molecular weight excluding hydrogens is 626 g/mol. The van der Waals surface area contributed by atoms with Crippen molar-refractivity contribution in [1.82, 2.24) is 26.2 Å². The molecular formula is C37H53N5O7. The lowest BCUT2D eigenvalue weighted by Crippen LogP contribution is -2.60. The summed E-state index contributed by atoms with van der Waals surface area (Å²) in [4.78, 5) is 81.2. The Labute approximate surface area is 289 Å². The molecule has 0 radical (unpaired) electrons. The second-order valence-corrected chi connectivity index (χ2v) is 15.3. The van der Waals surface area contributed by atoms with Crippen LogP contribution in [0, 0.1) is 30.1 Å². The van der Waals surface area contributed by atoms with E-state index in [1.807, 2.05) is 45.0 Å². The van der Waals surface area contributed by atoms with Crippen LogP contribution in [0.4, 0.5) is 4.79 Å². The molecule has 12 nitrogen and oxygen atoms in total.